The summed E-state index contributed by atoms with van der Waals surface area (Å²) in [6.07, 6.45) is 2.91. The molecule has 0 unspecified atom stereocenters. The fraction of sp³-hybridized carbons (Fsp3) is 0.0588. The number of sulfonamides is 1. The molecule has 4 aromatic rings. The van der Waals surface area contributed by atoms with Gasteiger partial charge in [0.1, 0.15) is 0 Å². The Morgan fingerprint density at radius 3 is 2.81 bits per heavy atom. The topological polar surface area (TPSA) is 104 Å². The molecule has 0 saturated heterocycles. The van der Waals surface area contributed by atoms with Crippen LogP contribution in [0.1, 0.15) is 10.4 Å². The molecule has 2 aromatic carbocycles. The molecule has 4 rings (SSSR count). The van der Waals surface area contributed by atoms with Crippen LogP contribution in [0.4, 0.5) is 10.8 Å². The van der Waals surface area contributed by atoms with Gasteiger partial charge in [0.2, 0.25) is 10.0 Å². The molecule has 0 aliphatic carbocycles. The molecular formula is C17H14N4O3S2. The number of benzene rings is 2. The molecule has 0 aliphatic rings. The van der Waals surface area contributed by atoms with E-state index in [1.54, 1.807) is 18.2 Å². The van der Waals surface area contributed by atoms with E-state index in [-0.39, 0.29) is 11.0 Å². The van der Waals surface area contributed by atoms with Gasteiger partial charge in [0.25, 0.3) is 5.91 Å². The van der Waals surface area contributed by atoms with Crippen molar-refractivity contribution < 1.29 is 13.2 Å². The number of nitrogens with zero attached hydrogens (tertiary/aromatic N) is 1. The van der Waals surface area contributed by atoms with Gasteiger partial charge in [0.05, 0.1) is 16.5 Å². The maximum Gasteiger partial charge on any atom is 0.255 e. The Labute approximate surface area is 153 Å². The van der Waals surface area contributed by atoms with E-state index in [0.29, 0.717) is 16.8 Å². The first kappa shape index (κ1) is 16.6. The maximum atomic E-state index is 12.5. The molecule has 1 amide bonds. The van der Waals surface area contributed by atoms with E-state index >= 15 is 0 Å². The number of aromatic nitrogens is 2. The molecule has 3 N–H and O–H groups in total. The number of carbonyl (C=O) groups is 1. The SMILES string of the molecule is CS(=O)(=O)Nc1nc2ccc(C(=O)Nc3ccc4[nH]ccc4c3)cc2s1. The number of hydrogen-bond acceptors (Lipinski definition) is 5. The molecule has 0 saturated carbocycles. The first-order valence-electron chi connectivity index (χ1n) is 7.64. The summed E-state index contributed by atoms with van der Waals surface area (Å²) in [5.74, 6) is -0.243. The first-order chi connectivity index (χ1) is 12.4. The molecule has 9 heteroatoms. The normalized spacial score (nSPS) is 11.7. The van der Waals surface area contributed by atoms with Gasteiger partial charge in [-0.05, 0) is 42.5 Å². The standard InChI is InChI=1S/C17H14N4O3S2/c1-26(23,24)21-17-20-14-4-2-11(9-15(14)25-17)16(22)19-12-3-5-13-10(8-12)6-7-18-13/h2-9,18H,1H3,(H,19,22)(H,20,21). The number of hydrogen-bond donors (Lipinski definition) is 3. The number of rotatable bonds is 4. The largest absolute Gasteiger partial charge is 0.361 e. The fourth-order valence-electron chi connectivity index (χ4n) is 2.60. The lowest BCUT2D eigenvalue weighted by atomic mass is 10.2. The number of amides is 1. The zero-order valence-electron chi connectivity index (χ0n) is 13.6. The minimum Gasteiger partial charge on any atom is -0.361 e. The van der Waals surface area contributed by atoms with E-state index in [4.69, 9.17) is 0 Å². The van der Waals surface area contributed by atoms with Crippen molar-refractivity contribution >= 4 is 59.2 Å². The minimum absolute atomic E-state index is 0.243. The number of carbonyl (C=O) groups excluding carboxylic acids is 1. The number of H-pyrrole nitrogens is 1. The monoisotopic (exact) mass is 386 g/mol. The molecule has 0 atom stereocenters. The van der Waals surface area contributed by atoms with Gasteiger partial charge in [-0.3, -0.25) is 9.52 Å². The van der Waals surface area contributed by atoms with Crippen LogP contribution in [0.3, 0.4) is 0 Å². The Morgan fingerprint density at radius 2 is 2.00 bits per heavy atom. The molecule has 0 bridgehead atoms. The van der Waals surface area contributed by atoms with Crippen LogP contribution in [-0.4, -0.2) is 30.5 Å². The molecule has 7 nitrogen and oxygen atoms in total. The van der Waals surface area contributed by atoms with E-state index < -0.39 is 10.0 Å². The molecule has 0 aliphatic heterocycles. The lowest BCUT2D eigenvalue weighted by molar-refractivity contribution is 0.102. The van der Waals surface area contributed by atoms with Crippen molar-refractivity contribution in [2.45, 2.75) is 0 Å². The minimum atomic E-state index is -3.39. The number of thiazole rings is 1. The average Bonchev–Trinajstić information content (AvgIpc) is 3.17. The lowest BCUT2D eigenvalue weighted by Crippen LogP contribution is -2.11. The van der Waals surface area contributed by atoms with Crippen LogP contribution in [0.15, 0.2) is 48.7 Å². The highest BCUT2D eigenvalue weighted by molar-refractivity contribution is 7.92. The number of fused-ring (bicyclic) bond motifs is 2. The summed E-state index contributed by atoms with van der Waals surface area (Å²) in [5, 5.41) is 4.16. The Balaban J connectivity index is 1.59. The summed E-state index contributed by atoms with van der Waals surface area (Å²) in [6.45, 7) is 0. The van der Waals surface area contributed by atoms with Gasteiger partial charge in [0, 0.05) is 28.4 Å². The smallest absolute Gasteiger partial charge is 0.255 e. The molecule has 132 valence electrons. The summed E-state index contributed by atoms with van der Waals surface area (Å²) >= 11 is 1.18. The average molecular weight is 386 g/mol. The van der Waals surface area contributed by atoms with Gasteiger partial charge in [0.15, 0.2) is 5.13 Å². The highest BCUT2D eigenvalue weighted by Gasteiger charge is 2.12. The van der Waals surface area contributed by atoms with Crippen molar-refractivity contribution in [2.24, 2.45) is 0 Å². The Kier molecular flexibility index (Phi) is 3.89. The van der Waals surface area contributed by atoms with Gasteiger partial charge in [-0.1, -0.05) is 11.3 Å². The molecule has 0 radical (unpaired) electrons. The van der Waals surface area contributed by atoms with Crippen molar-refractivity contribution in [2.75, 3.05) is 16.3 Å². The quantitative estimate of drug-likeness (QED) is 0.500. The van der Waals surface area contributed by atoms with Gasteiger partial charge < -0.3 is 10.3 Å². The van der Waals surface area contributed by atoms with Crippen LogP contribution in [-0.2, 0) is 10.0 Å². The number of aromatic amines is 1. The third kappa shape index (κ3) is 3.39. The maximum absolute atomic E-state index is 12.5. The number of anilines is 2. The molecule has 2 aromatic heterocycles. The predicted octanol–water partition coefficient (Wildman–Crippen LogP) is 3.40. The second kappa shape index (κ2) is 6.11. The fourth-order valence-corrected chi connectivity index (χ4v) is 4.34. The van der Waals surface area contributed by atoms with Gasteiger partial charge >= 0.3 is 0 Å². The first-order valence-corrected chi connectivity index (χ1v) is 10.3. The van der Waals surface area contributed by atoms with E-state index in [9.17, 15) is 13.2 Å². The highest BCUT2D eigenvalue weighted by Crippen LogP contribution is 2.28. The van der Waals surface area contributed by atoms with Crippen LogP contribution in [0.25, 0.3) is 21.1 Å². The summed E-state index contributed by atoms with van der Waals surface area (Å²) in [7, 11) is -3.39. The van der Waals surface area contributed by atoms with E-state index in [1.807, 2.05) is 30.5 Å². The van der Waals surface area contributed by atoms with Crippen molar-refractivity contribution in [1.29, 1.82) is 0 Å². The molecule has 2 heterocycles. The zero-order valence-corrected chi connectivity index (χ0v) is 15.2. The van der Waals surface area contributed by atoms with Crippen molar-refractivity contribution in [3.8, 4) is 0 Å². The summed E-state index contributed by atoms with van der Waals surface area (Å²) < 4.78 is 25.7. The Bertz CT molecular complexity index is 1240. The summed E-state index contributed by atoms with van der Waals surface area (Å²) in [5.41, 5.74) is 2.80. The summed E-state index contributed by atoms with van der Waals surface area (Å²) in [6, 6.07) is 12.6. The van der Waals surface area contributed by atoms with Crippen LogP contribution < -0.4 is 10.0 Å². The second-order valence-electron chi connectivity index (χ2n) is 5.81. The Morgan fingerprint density at radius 1 is 1.15 bits per heavy atom. The third-order valence-electron chi connectivity index (χ3n) is 3.73. The summed E-state index contributed by atoms with van der Waals surface area (Å²) in [4.78, 5) is 19.8. The lowest BCUT2D eigenvalue weighted by Gasteiger charge is -2.05. The molecule has 0 fully saturated rings. The van der Waals surface area contributed by atoms with Crippen LogP contribution in [0, 0.1) is 0 Å². The van der Waals surface area contributed by atoms with Crippen LogP contribution in [0.5, 0.6) is 0 Å². The van der Waals surface area contributed by atoms with Crippen molar-refractivity contribution in [3.63, 3.8) is 0 Å². The van der Waals surface area contributed by atoms with Crippen LogP contribution >= 0.6 is 11.3 Å². The van der Waals surface area contributed by atoms with Crippen LogP contribution in [0.2, 0.25) is 0 Å². The highest BCUT2D eigenvalue weighted by atomic mass is 32.2. The predicted molar refractivity (Wildman–Crippen MR) is 104 cm³/mol. The zero-order chi connectivity index (χ0) is 18.3. The number of nitrogens with one attached hydrogen (secondary N) is 3. The van der Waals surface area contributed by atoms with E-state index in [1.165, 1.54) is 11.3 Å². The molecular weight excluding hydrogens is 372 g/mol. The molecule has 26 heavy (non-hydrogen) atoms. The second-order valence-corrected chi connectivity index (χ2v) is 8.59. The van der Waals surface area contributed by atoms with Crippen molar-refractivity contribution in [1.82, 2.24) is 9.97 Å². The van der Waals surface area contributed by atoms with E-state index in [2.05, 4.69) is 20.0 Å². The third-order valence-corrected chi connectivity index (χ3v) is 5.36. The molecule has 0 spiro atoms. The Hall–Kier alpha value is -2.91. The van der Waals surface area contributed by atoms with Gasteiger partial charge in [-0.15, -0.1) is 0 Å². The van der Waals surface area contributed by atoms with Gasteiger partial charge in [-0.2, -0.15) is 0 Å². The van der Waals surface area contributed by atoms with Crippen molar-refractivity contribution in [3.05, 3.63) is 54.2 Å². The van der Waals surface area contributed by atoms with E-state index in [0.717, 1.165) is 21.9 Å². The van der Waals surface area contributed by atoms with Gasteiger partial charge in [-0.25, -0.2) is 13.4 Å².